The highest BCUT2D eigenvalue weighted by Gasteiger charge is 2.20. The third-order valence-electron chi connectivity index (χ3n) is 6.06. The quantitative estimate of drug-likeness (QED) is 0.326. The van der Waals surface area contributed by atoms with Gasteiger partial charge in [-0.25, -0.2) is 9.71 Å². The van der Waals surface area contributed by atoms with E-state index in [-0.39, 0.29) is 6.54 Å². The molecule has 1 aliphatic rings. The second kappa shape index (κ2) is 12.2. The first kappa shape index (κ1) is 26.6. The Labute approximate surface area is 223 Å². The second-order valence-corrected chi connectivity index (χ2v) is 9.83. The van der Waals surface area contributed by atoms with Gasteiger partial charge >= 0.3 is 0 Å². The SMILES string of the molecule is CCN1CCN(CC)c2cc(Nc3ncc(Cl)c(Nc4ccccc4CNS(=O)[O-])n3)c(Cl)cc2C1. The molecule has 3 aromatic rings. The average molecular weight is 550 g/mol. The fraction of sp³-hybridized carbons (Fsp3) is 0.333. The van der Waals surface area contributed by atoms with Crippen LogP contribution in [0.1, 0.15) is 25.0 Å². The Morgan fingerprint density at radius 1 is 1.06 bits per heavy atom. The molecule has 0 bridgehead atoms. The fourth-order valence-electron chi connectivity index (χ4n) is 4.12. The zero-order chi connectivity index (χ0) is 25.7. The van der Waals surface area contributed by atoms with Crippen LogP contribution in [0.4, 0.5) is 28.8 Å². The average Bonchev–Trinajstić information content (AvgIpc) is 3.04. The van der Waals surface area contributed by atoms with Crippen molar-refractivity contribution < 1.29 is 8.76 Å². The molecule has 0 radical (unpaired) electrons. The molecule has 0 amide bonds. The minimum absolute atomic E-state index is 0.126. The van der Waals surface area contributed by atoms with E-state index in [2.05, 4.69) is 55.0 Å². The number of para-hydroxylation sites is 1. The van der Waals surface area contributed by atoms with Gasteiger partial charge in [-0.3, -0.25) is 9.11 Å². The first-order chi connectivity index (χ1) is 17.4. The van der Waals surface area contributed by atoms with Crippen LogP contribution in [0.3, 0.4) is 0 Å². The molecule has 4 rings (SSSR count). The van der Waals surface area contributed by atoms with Crippen molar-refractivity contribution in [3.05, 3.63) is 63.8 Å². The molecular formula is C24H28Cl2N7O2S-. The predicted octanol–water partition coefficient (Wildman–Crippen LogP) is 4.82. The molecule has 1 aliphatic heterocycles. The number of benzene rings is 2. The summed E-state index contributed by atoms with van der Waals surface area (Å²) >= 11 is 10.7. The summed E-state index contributed by atoms with van der Waals surface area (Å²) in [4.78, 5) is 13.6. The van der Waals surface area contributed by atoms with E-state index < -0.39 is 11.3 Å². The van der Waals surface area contributed by atoms with Gasteiger partial charge in [0, 0.05) is 55.4 Å². The third-order valence-corrected chi connectivity index (χ3v) is 7.03. The van der Waals surface area contributed by atoms with E-state index in [0.29, 0.717) is 33.2 Å². The molecule has 12 heteroatoms. The molecule has 1 atom stereocenters. The summed E-state index contributed by atoms with van der Waals surface area (Å²) in [6.45, 7) is 9.11. The largest absolute Gasteiger partial charge is 0.760 e. The van der Waals surface area contributed by atoms with Crippen LogP contribution >= 0.6 is 23.2 Å². The number of nitrogens with one attached hydrogen (secondary N) is 3. The molecule has 9 nitrogen and oxygen atoms in total. The maximum atomic E-state index is 10.9. The van der Waals surface area contributed by atoms with E-state index in [0.717, 1.165) is 44.0 Å². The smallest absolute Gasteiger partial charge is 0.229 e. The minimum Gasteiger partial charge on any atom is -0.760 e. The second-order valence-electron chi connectivity index (χ2n) is 8.26. The summed E-state index contributed by atoms with van der Waals surface area (Å²) in [5, 5.41) is 7.32. The predicted molar refractivity (Wildman–Crippen MR) is 146 cm³/mol. The van der Waals surface area contributed by atoms with Crippen molar-refractivity contribution in [2.75, 3.05) is 41.7 Å². The van der Waals surface area contributed by atoms with Gasteiger partial charge in [0.25, 0.3) is 0 Å². The van der Waals surface area contributed by atoms with Gasteiger partial charge in [-0.15, -0.1) is 0 Å². The van der Waals surface area contributed by atoms with E-state index >= 15 is 0 Å². The van der Waals surface area contributed by atoms with E-state index in [1.807, 2.05) is 30.3 Å². The lowest BCUT2D eigenvalue weighted by atomic mass is 10.1. The van der Waals surface area contributed by atoms with Gasteiger partial charge in [-0.2, -0.15) is 4.98 Å². The van der Waals surface area contributed by atoms with Crippen molar-refractivity contribution >= 4 is 63.3 Å². The Balaban J connectivity index is 1.60. The molecular weight excluding hydrogens is 521 g/mol. The molecule has 1 aromatic heterocycles. The standard InChI is InChI=1S/C24H29Cl2N7O2S/c1-3-32-9-10-33(4-2)22-12-21(18(25)11-17(22)15-32)30-24-27-14-19(26)23(31-24)29-20-8-6-5-7-16(20)13-28-36(34)35/h5-8,11-12,14,28H,3-4,9-10,13,15H2,1-2H3,(H,34,35)(H2,27,29,30,31)/p-1. The number of aromatic nitrogens is 2. The number of hydrogen-bond donors (Lipinski definition) is 3. The summed E-state index contributed by atoms with van der Waals surface area (Å²) in [7, 11) is 0. The number of fused-ring (bicyclic) bond motifs is 1. The lowest BCUT2D eigenvalue weighted by Crippen LogP contribution is -2.31. The summed E-state index contributed by atoms with van der Waals surface area (Å²) in [5.74, 6) is 0.705. The summed E-state index contributed by atoms with van der Waals surface area (Å²) in [6, 6.07) is 11.3. The number of nitrogens with zero attached hydrogens (tertiary/aromatic N) is 4. The van der Waals surface area contributed by atoms with Gasteiger partial charge in [0.1, 0.15) is 5.02 Å². The van der Waals surface area contributed by atoms with E-state index in [1.54, 1.807) is 0 Å². The first-order valence-corrected chi connectivity index (χ1v) is 13.5. The number of rotatable bonds is 9. The molecule has 36 heavy (non-hydrogen) atoms. The lowest BCUT2D eigenvalue weighted by Gasteiger charge is -2.24. The van der Waals surface area contributed by atoms with Crippen LogP contribution in [0.15, 0.2) is 42.6 Å². The van der Waals surface area contributed by atoms with Crippen molar-refractivity contribution in [2.24, 2.45) is 0 Å². The topological polar surface area (TPSA) is 108 Å². The highest BCUT2D eigenvalue weighted by atomic mass is 35.5. The van der Waals surface area contributed by atoms with Crippen LogP contribution in [-0.4, -0.2) is 49.8 Å². The Morgan fingerprint density at radius 3 is 2.61 bits per heavy atom. The summed E-state index contributed by atoms with van der Waals surface area (Å²) < 4.78 is 24.2. The Bertz CT molecular complexity index is 1250. The highest BCUT2D eigenvalue weighted by molar-refractivity contribution is 7.77. The normalized spacial score (nSPS) is 14.8. The fourth-order valence-corrected chi connectivity index (χ4v) is 4.76. The molecule has 192 valence electrons. The third kappa shape index (κ3) is 6.44. The van der Waals surface area contributed by atoms with Crippen molar-refractivity contribution in [3.8, 4) is 0 Å². The van der Waals surface area contributed by atoms with Crippen molar-refractivity contribution in [1.29, 1.82) is 0 Å². The van der Waals surface area contributed by atoms with E-state index in [4.69, 9.17) is 23.2 Å². The van der Waals surface area contributed by atoms with Crippen LogP contribution in [-0.2, 0) is 24.4 Å². The lowest BCUT2D eigenvalue weighted by molar-refractivity contribution is 0.293. The maximum absolute atomic E-state index is 10.9. The number of likely N-dealkylation sites (N-methyl/N-ethyl adjacent to an activating group) is 2. The zero-order valence-corrected chi connectivity index (χ0v) is 22.4. The minimum atomic E-state index is -2.37. The van der Waals surface area contributed by atoms with Gasteiger partial charge in [0.15, 0.2) is 5.82 Å². The Kier molecular flexibility index (Phi) is 9.00. The monoisotopic (exact) mass is 548 g/mol. The molecule has 2 aromatic carbocycles. The van der Waals surface area contributed by atoms with E-state index in [9.17, 15) is 8.76 Å². The first-order valence-electron chi connectivity index (χ1n) is 11.6. The molecule has 0 saturated heterocycles. The van der Waals surface area contributed by atoms with E-state index in [1.165, 1.54) is 11.8 Å². The zero-order valence-electron chi connectivity index (χ0n) is 20.1. The number of hydrogen-bond acceptors (Lipinski definition) is 8. The van der Waals surface area contributed by atoms with Crippen molar-refractivity contribution in [1.82, 2.24) is 19.6 Å². The molecule has 0 spiro atoms. The molecule has 1 unspecified atom stereocenters. The van der Waals surface area contributed by atoms with Crippen LogP contribution in [0, 0.1) is 0 Å². The molecule has 0 aliphatic carbocycles. The van der Waals surface area contributed by atoms with Crippen molar-refractivity contribution in [3.63, 3.8) is 0 Å². The van der Waals surface area contributed by atoms with Crippen LogP contribution in [0.2, 0.25) is 10.0 Å². The summed E-state index contributed by atoms with van der Waals surface area (Å²) in [5.41, 5.74) is 4.44. The van der Waals surface area contributed by atoms with Crippen LogP contribution in [0.5, 0.6) is 0 Å². The molecule has 0 saturated carbocycles. The van der Waals surface area contributed by atoms with Gasteiger partial charge in [-0.1, -0.05) is 48.3 Å². The van der Waals surface area contributed by atoms with Gasteiger partial charge in [-0.05, 0) is 42.8 Å². The molecule has 0 fully saturated rings. The van der Waals surface area contributed by atoms with Gasteiger partial charge in [0.2, 0.25) is 5.95 Å². The Morgan fingerprint density at radius 2 is 1.86 bits per heavy atom. The van der Waals surface area contributed by atoms with Gasteiger partial charge < -0.3 is 20.1 Å². The van der Waals surface area contributed by atoms with Crippen molar-refractivity contribution in [2.45, 2.75) is 26.9 Å². The highest BCUT2D eigenvalue weighted by Crippen LogP contribution is 2.35. The number of halogens is 2. The summed E-state index contributed by atoms with van der Waals surface area (Å²) in [6.07, 6.45) is 1.50. The molecule has 2 heterocycles. The number of anilines is 5. The van der Waals surface area contributed by atoms with Crippen LogP contribution < -0.4 is 20.3 Å². The molecule has 3 N–H and O–H groups in total. The van der Waals surface area contributed by atoms with Gasteiger partial charge in [0.05, 0.1) is 16.9 Å². The maximum Gasteiger partial charge on any atom is 0.229 e. The Hall–Kier alpha value is -2.47. The van der Waals surface area contributed by atoms with Crippen LogP contribution in [0.25, 0.3) is 0 Å².